The maximum atomic E-state index is 6.39. The second-order valence-corrected chi connectivity index (χ2v) is 12.1. The molecule has 0 aliphatic heterocycles. The van der Waals surface area contributed by atoms with Crippen LogP contribution in [0.2, 0.25) is 10.0 Å². The SMILES string of the molecule is Clc1cccc(Nc2nc(Nc3cccc(Cl)c3)c3cc(-c4ccc5ccccc5c4)cc(-c4ccc5ccccc5c4)c3n2)c1. The van der Waals surface area contributed by atoms with E-state index in [-0.39, 0.29) is 0 Å². The van der Waals surface area contributed by atoms with Crippen molar-refractivity contribution in [3.8, 4) is 22.3 Å². The Hall–Kier alpha value is -5.42. The van der Waals surface area contributed by atoms with Crippen molar-refractivity contribution in [2.45, 2.75) is 0 Å². The monoisotopic (exact) mass is 632 g/mol. The minimum Gasteiger partial charge on any atom is -0.340 e. The van der Waals surface area contributed by atoms with Gasteiger partial charge in [-0.15, -0.1) is 0 Å². The highest BCUT2D eigenvalue weighted by atomic mass is 35.5. The Bertz CT molecular complexity index is 2420. The fourth-order valence-electron chi connectivity index (χ4n) is 5.89. The van der Waals surface area contributed by atoms with Crippen molar-refractivity contribution in [2.24, 2.45) is 0 Å². The smallest absolute Gasteiger partial charge is 0.229 e. The van der Waals surface area contributed by atoms with E-state index >= 15 is 0 Å². The molecule has 1 aromatic heterocycles. The Morgan fingerprint density at radius 2 is 1.02 bits per heavy atom. The number of aromatic nitrogens is 2. The summed E-state index contributed by atoms with van der Waals surface area (Å²) in [4.78, 5) is 10.1. The lowest BCUT2D eigenvalue weighted by molar-refractivity contribution is 1.21. The van der Waals surface area contributed by atoms with Gasteiger partial charge in [0.2, 0.25) is 5.95 Å². The number of hydrogen-bond donors (Lipinski definition) is 2. The number of nitrogens with zero attached hydrogens (tertiary/aromatic N) is 2. The summed E-state index contributed by atoms with van der Waals surface area (Å²) in [5.41, 5.74) is 6.66. The van der Waals surface area contributed by atoms with Gasteiger partial charge in [0.05, 0.1) is 5.52 Å². The quantitative estimate of drug-likeness (QED) is 0.191. The van der Waals surface area contributed by atoms with E-state index in [4.69, 9.17) is 33.2 Å². The number of rotatable bonds is 6. The lowest BCUT2D eigenvalue weighted by Crippen LogP contribution is -2.03. The summed E-state index contributed by atoms with van der Waals surface area (Å²) in [5, 5.41) is 13.8. The summed E-state index contributed by atoms with van der Waals surface area (Å²) in [7, 11) is 0. The molecule has 7 aromatic carbocycles. The molecule has 0 fully saturated rings. The van der Waals surface area contributed by atoms with Crippen LogP contribution in [0, 0.1) is 0 Å². The van der Waals surface area contributed by atoms with Crippen molar-refractivity contribution < 1.29 is 0 Å². The molecule has 46 heavy (non-hydrogen) atoms. The van der Waals surface area contributed by atoms with Crippen LogP contribution in [0.3, 0.4) is 0 Å². The molecule has 2 N–H and O–H groups in total. The highest BCUT2D eigenvalue weighted by Crippen LogP contribution is 2.39. The molecule has 0 aliphatic carbocycles. The first-order valence-electron chi connectivity index (χ1n) is 15.0. The van der Waals surface area contributed by atoms with Crippen LogP contribution in [0.5, 0.6) is 0 Å². The van der Waals surface area contributed by atoms with Crippen molar-refractivity contribution in [3.63, 3.8) is 0 Å². The first kappa shape index (κ1) is 28.1. The zero-order valence-electron chi connectivity index (χ0n) is 24.5. The molecule has 0 spiro atoms. The normalized spacial score (nSPS) is 11.3. The van der Waals surface area contributed by atoms with Crippen LogP contribution in [-0.2, 0) is 0 Å². The number of hydrogen-bond acceptors (Lipinski definition) is 4. The summed E-state index contributed by atoms with van der Waals surface area (Å²) in [6, 6.07) is 49.5. The highest BCUT2D eigenvalue weighted by molar-refractivity contribution is 6.31. The Morgan fingerprint density at radius 3 is 1.67 bits per heavy atom. The van der Waals surface area contributed by atoms with E-state index in [1.807, 2.05) is 48.5 Å². The molecule has 4 nitrogen and oxygen atoms in total. The zero-order valence-corrected chi connectivity index (χ0v) is 26.0. The van der Waals surface area contributed by atoms with Gasteiger partial charge in [-0.2, -0.15) is 4.98 Å². The molecule has 8 rings (SSSR count). The molecule has 0 saturated heterocycles. The molecule has 0 saturated carbocycles. The van der Waals surface area contributed by atoms with Gasteiger partial charge < -0.3 is 10.6 Å². The molecule has 6 heteroatoms. The first-order chi connectivity index (χ1) is 22.6. The average molecular weight is 634 g/mol. The minimum absolute atomic E-state index is 0.444. The Morgan fingerprint density at radius 1 is 0.435 bits per heavy atom. The van der Waals surface area contributed by atoms with Gasteiger partial charge >= 0.3 is 0 Å². The lowest BCUT2D eigenvalue weighted by Gasteiger charge is -2.17. The molecule has 0 aliphatic rings. The molecule has 8 aromatic rings. The molecule has 0 radical (unpaired) electrons. The maximum Gasteiger partial charge on any atom is 0.229 e. The van der Waals surface area contributed by atoms with Gasteiger partial charge in [-0.1, -0.05) is 108 Å². The van der Waals surface area contributed by atoms with Crippen LogP contribution in [0.1, 0.15) is 0 Å². The lowest BCUT2D eigenvalue weighted by atomic mass is 9.93. The molecule has 0 atom stereocenters. The number of fused-ring (bicyclic) bond motifs is 3. The third kappa shape index (κ3) is 5.61. The molecule has 0 unspecified atom stereocenters. The maximum absolute atomic E-state index is 6.39. The van der Waals surface area contributed by atoms with Crippen LogP contribution < -0.4 is 10.6 Å². The number of halogens is 2. The van der Waals surface area contributed by atoms with E-state index in [0.29, 0.717) is 21.8 Å². The van der Waals surface area contributed by atoms with Crippen molar-refractivity contribution >= 4 is 78.8 Å². The summed E-state index contributed by atoms with van der Waals surface area (Å²) in [6.45, 7) is 0. The van der Waals surface area contributed by atoms with E-state index in [0.717, 1.165) is 49.9 Å². The van der Waals surface area contributed by atoms with E-state index in [9.17, 15) is 0 Å². The standard InChI is InChI=1S/C40H26Cl2N4/c41-32-11-5-13-34(23-32)43-39-37-22-31(29-17-15-25-7-1-3-9-27(25)19-29)21-36(30-18-16-26-8-2-4-10-28(26)20-30)38(37)45-40(46-39)44-35-14-6-12-33(42)24-35/h1-24H,(H2,43,44,45,46). The van der Waals surface area contributed by atoms with Crippen LogP contribution in [0.4, 0.5) is 23.1 Å². The third-order valence-corrected chi connectivity index (χ3v) is 8.58. The van der Waals surface area contributed by atoms with E-state index in [1.54, 1.807) is 0 Å². The van der Waals surface area contributed by atoms with E-state index in [2.05, 4.69) is 108 Å². The van der Waals surface area contributed by atoms with E-state index in [1.165, 1.54) is 16.2 Å². The Balaban J connectivity index is 1.40. The second-order valence-electron chi connectivity index (χ2n) is 11.2. The summed E-state index contributed by atoms with van der Waals surface area (Å²) >= 11 is 12.7. The fraction of sp³-hybridized carbons (Fsp3) is 0. The minimum atomic E-state index is 0.444. The van der Waals surface area contributed by atoms with Gasteiger partial charge in [-0.05, 0) is 98.9 Å². The Kier molecular flexibility index (Phi) is 7.22. The molecular formula is C40H26Cl2N4. The first-order valence-corrected chi connectivity index (χ1v) is 15.7. The number of benzene rings is 7. The zero-order chi connectivity index (χ0) is 31.0. The summed E-state index contributed by atoms with van der Waals surface area (Å²) < 4.78 is 0. The largest absolute Gasteiger partial charge is 0.340 e. The molecule has 220 valence electrons. The number of anilines is 4. The third-order valence-electron chi connectivity index (χ3n) is 8.11. The van der Waals surface area contributed by atoms with Gasteiger partial charge in [-0.3, -0.25) is 0 Å². The van der Waals surface area contributed by atoms with Crippen LogP contribution in [0.25, 0.3) is 54.7 Å². The van der Waals surface area contributed by atoms with Crippen molar-refractivity contribution in [3.05, 3.63) is 156 Å². The average Bonchev–Trinajstić information content (AvgIpc) is 3.07. The molecular weight excluding hydrogens is 607 g/mol. The van der Waals surface area contributed by atoms with Crippen LogP contribution in [0.15, 0.2) is 146 Å². The predicted molar refractivity (Wildman–Crippen MR) is 195 cm³/mol. The molecule has 0 amide bonds. The van der Waals surface area contributed by atoms with Gasteiger partial charge in [0.15, 0.2) is 0 Å². The van der Waals surface area contributed by atoms with E-state index < -0.39 is 0 Å². The van der Waals surface area contributed by atoms with Gasteiger partial charge in [0, 0.05) is 32.4 Å². The fourth-order valence-corrected chi connectivity index (χ4v) is 6.27. The van der Waals surface area contributed by atoms with Gasteiger partial charge in [0.1, 0.15) is 5.82 Å². The van der Waals surface area contributed by atoms with Crippen LogP contribution >= 0.6 is 23.2 Å². The van der Waals surface area contributed by atoms with Crippen molar-refractivity contribution in [2.75, 3.05) is 10.6 Å². The van der Waals surface area contributed by atoms with Crippen molar-refractivity contribution in [1.29, 1.82) is 0 Å². The summed E-state index contributed by atoms with van der Waals surface area (Å²) in [6.07, 6.45) is 0. The van der Waals surface area contributed by atoms with Gasteiger partial charge in [-0.25, -0.2) is 4.98 Å². The molecule has 1 heterocycles. The van der Waals surface area contributed by atoms with Gasteiger partial charge in [0.25, 0.3) is 0 Å². The molecule has 0 bridgehead atoms. The summed E-state index contributed by atoms with van der Waals surface area (Å²) in [5.74, 6) is 1.10. The topological polar surface area (TPSA) is 49.8 Å². The van der Waals surface area contributed by atoms with Crippen molar-refractivity contribution in [1.82, 2.24) is 9.97 Å². The second kappa shape index (κ2) is 11.8. The number of nitrogens with one attached hydrogen (secondary N) is 2. The highest BCUT2D eigenvalue weighted by Gasteiger charge is 2.17. The Labute approximate surface area is 276 Å². The predicted octanol–water partition coefficient (Wildman–Crippen LogP) is 12.1. The van der Waals surface area contributed by atoms with Crippen LogP contribution in [-0.4, -0.2) is 9.97 Å².